The van der Waals surface area contributed by atoms with E-state index in [4.69, 9.17) is 9.15 Å². The summed E-state index contributed by atoms with van der Waals surface area (Å²) in [7, 11) is 1.67. The molecule has 1 fully saturated rings. The molecule has 0 aliphatic carbocycles. The lowest BCUT2D eigenvalue weighted by Crippen LogP contribution is -2.49. The van der Waals surface area contributed by atoms with Crippen molar-refractivity contribution in [3.63, 3.8) is 0 Å². The van der Waals surface area contributed by atoms with Gasteiger partial charge in [-0.2, -0.15) is 0 Å². The van der Waals surface area contributed by atoms with Crippen LogP contribution in [0.4, 0.5) is 0 Å². The standard InChI is InChI=1S/C20H31N5O3S/c1-4-16-15(2)12-17(29-16)20-23-22-19(28-20)14-25-9-7-24(8-10-25)13-18(26)21-6-5-11-27-3/h12H,4-11,13-14H2,1-3H3,(H,21,26). The lowest BCUT2D eigenvalue weighted by atomic mass is 10.2. The number of aromatic nitrogens is 2. The van der Waals surface area contributed by atoms with E-state index in [1.165, 1.54) is 10.4 Å². The molecule has 1 aliphatic heterocycles. The number of rotatable bonds is 10. The van der Waals surface area contributed by atoms with Crippen molar-refractivity contribution in [2.75, 3.05) is 53.0 Å². The van der Waals surface area contributed by atoms with Crippen LogP contribution in [0.15, 0.2) is 10.5 Å². The number of piperazine rings is 1. The molecule has 0 saturated carbocycles. The average Bonchev–Trinajstić information content (AvgIpc) is 3.33. The maximum absolute atomic E-state index is 12.0. The molecule has 2 aromatic rings. The van der Waals surface area contributed by atoms with Gasteiger partial charge in [0.2, 0.25) is 11.8 Å². The number of carbonyl (C=O) groups excluding carboxylic acids is 1. The minimum atomic E-state index is 0.0776. The van der Waals surface area contributed by atoms with Crippen LogP contribution in [0, 0.1) is 6.92 Å². The van der Waals surface area contributed by atoms with Gasteiger partial charge in [-0.1, -0.05) is 6.92 Å². The summed E-state index contributed by atoms with van der Waals surface area (Å²) in [6.07, 6.45) is 1.86. The Hall–Kier alpha value is -1.81. The van der Waals surface area contributed by atoms with Crippen LogP contribution < -0.4 is 5.32 Å². The second-order valence-electron chi connectivity index (χ2n) is 7.32. The van der Waals surface area contributed by atoms with Crippen molar-refractivity contribution in [2.45, 2.75) is 33.2 Å². The average molecular weight is 422 g/mol. The fourth-order valence-electron chi connectivity index (χ4n) is 3.39. The third kappa shape index (κ3) is 6.33. The number of methoxy groups -OCH3 is 1. The highest BCUT2D eigenvalue weighted by Crippen LogP contribution is 2.30. The van der Waals surface area contributed by atoms with E-state index in [1.807, 2.05) is 0 Å². The predicted molar refractivity (Wildman–Crippen MR) is 113 cm³/mol. The fraction of sp³-hybridized carbons (Fsp3) is 0.650. The smallest absolute Gasteiger partial charge is 0.257 e. The van der Waals surface area contributed by atoms with Gasteiger partial charge in [-0.3, -0.25) is 14.6 Å². The van der Waals surface area contributed by atoms with E-state index in [2.05, 4.69) is 45.2 Å². The maximum Gasteiger partial charge on any atom is 0.257 e. The first-order valence-electron chi connectivity index (χ1n) is 10.2. The van der Waals surface area contributed by atoms with Gasteiger partial charge in [-0.15, -0.1) is 21.5 Å². The first-order valence-corrected chi connectivity index (χ1v) is 11.0. The van der Waals surface area contributed by atoms with Crippen molar-refractivity contribution in [2.24, 2.45) is 0 Å². The van der Waals surface area contributed by atoms with Crippen LogP contribution in [0.25, 0.3) is 10.8 Å². The molecule has 0 bridgehead atoms. The van der Waals surface area contributed by atoms with Crippen molar-refractivity contribution in [3.8, 4) is 10.8 Å². The van der Waals surface area contributed by atoms with E-state index in [0.29, 0.717) is 38.0 Å². The molecule has 0 radical (unpaired) electrons. The topological polar surface area (TPSA) is 83.7 Å². The predicted octanol–water partition coefficient (Wildman–Crippen LogP) is 1.94. The molecule has 1 aliphatic rings. The van der Waals surface area contributed by atoms with Crippen molar-refractivity contribution >= 4 is 17.2 Å². The zero-order valence-electron chi connectivity index (χ0n) is 17.6. The van der Waals surface area contributed by atoms with E-state index in [0.717, 1.165) is 43.9 Å². The molecule has 0 unspecified atom stereocenters. The third-order valence-electron chi connectivity index (χ3n) is 5.06. The summed E-state index contributed by atoms with van der Waals surface area (Å²) >= 11 is 1.72. The molecule has 8 nitrogen and oxygen atoms in total. The normalized spacial score (nSPS) is 15.7. The molecule has 9 heteroatoms. The zero-order chi connectivity index (χ0) is 20.6. The molecule has 0 atom stereocenters. The number of carbonyl (C=O) groups is 1. The largest absolute Gasteiger partial charge is 0.419 e. The van der Waals surface area contributed by atoms with Gasteiger partial charge in [0, 0.05) is 51.3 Å². The molecule has 0 spiro atoms. The molecule has 3 rings (SSSR count). The quantitative estimate of drug-likeness (QED) is 0.587. The van der Waals surface area contributed by atoms with Crippen LogP contribution in [-0.4, -0.2) is 78.9 Å². The summed E-state index contributed by atoms with van der Waals surface area (Å²) in [6.45, 7) is 10.2. The Labute approximate surface area is 176 Å². The first-order chi connectivity index (χ1) is 14.1. The summed E-state index contributed by atoms with van der Waals surface area (Å²) < 4.78 is 10.9. The Kier molecular flexibility index (Phi) is 8.17. The highest BCUT2D eigenvalue weighted by Gasteiger charge is 2.21. The second kappa shape index (κ2) is 10.8. The summed E-state index contributed by atoms with van der Waals surface area (Å²) in [5, 5.41) is 11.4. The molecular formula is C20H31N5O3S. The summed E-state index contributed by atoms with van der Waals surface area (Å²) in [5.41, 5.74) is 1.28. The Morgan fingerprint density at radius 3 is 2.72 bits per heavy atom. The lowest BCUT2D eigenvalue weighted by molar-refractivity contribution is -0.122. The monoisotopic (exact) mass is 421 g/mol. The minimum Gasteiger partial charge on any atom is -0.419 e. The molecule has 160 valence electrons. The number of hydrogen-bond donors (Lipinski definition) is 1. The van der Waals surface area contributed by atoms with E-state index in [9.17, 15) is 4.79 Å². The third-order valence-corrected chi connectivity index (χ3v) is 6.43. The van der Waals surface area contributed by atoms with Crippen molar-refractivity contribution in [3.05, 3.63) is 22.4 Å². The Bertz CT molecular complexity index is 783. The van der Waals surface area contributed by atoms with Gasteiger partial charge in [0.05, 0.1) is 18.0 Å². The van der Waals surface area contributed by atoms with Gasteiger partial charge in [0.25, 0.3) is 5.89 Å². The van der Waals surface area contributed by atoms with Crippen LogP contribution in [0.3, 0.4) is 0 Å². The van der Waals surface area contributed by atoms with Crippen LogP contribution >= 0.6 is 11.3 Å². The Balaban J connectivity index is 1.42. The number of nitrogens with one attached hydrogen (secondary N) is 1. The second-order valence-corrected chi connectivity index (χ2v) is 8.46. The van der Waals surface area contributed by atoms with E-state index < -0.39 is 0 Å². The van der Waals surface area contributed by atoms with Crippen molar-refractivity contribution in [1.29, 1.82) is 0 Å². The molecule has 29 heavy (non-hydrogen) atoms. The van der Waals surface area contributed by atoms with Crippen LogP contribution in [0.1, 0.15) is 29.7 Å². The van der Waals surface area contributed by atoms with E-state index >= 15 is 0 Å². The molecular weight excluding hydrogens is 390 g/mol. The SMILES string of the molecule is CCc1sc(-c2nnc(CN3CCN(CC(=O)NCCCOC)CC3)o2)cc1C. The van der Waals surface area contributed by atoms with Gasteiger partial charge >= 0.3 is 0 Å². The molecule has 1 amide bonds. The number of thiophene rings is 1. The first kappa shape index (κ1) is 21.9. The Morgan fingerprint density at radius 1 is 1.28 bits per heavy atom. The Morgan fingerprint density at radius 2 is 2.03 bits per heavy atom. The molecule has 2 aromatic heterocycles. The van der Waals surface area contributed by atoms with Crippen molar-refractivity contribution in [1.82, 2.24) is 25.3 Å². The van der Waals surface area contributed by atoms with Crippen LogP contribution in [-0.2, 0) is 22.5 Å². The van der Waals surface area contributed by atoms with Crippen molar-refractivity contribution < 1.29 is 13.9 Å². The molecule has 1 saturated heterocycles. The van der Waals surface area contributed by atoms with Gasteiger partial charge < -0.3 is 14.5 Å². The number of ether oxygens (including phenoxy) is 1. The summed E-state index contributed by atoms with van der Waals surface area (Å²) in [4.78, 5) is 18.9. The highest BCUT2D eigenvalue weighted by molar-refractivity contribution is 7.15. The van der Waals surface area contributed by atoms with Gasteiger partial charge in [-0.25, -0.2) is 0 Å². The number of nitrogens with zero attached hydrogens (tertiary/aromatic N) is 4. The maximum atomic E-state index is 12.0. The van der Waals surface area contributed by atoms with E-state index in [1.54, 1.807) is 18.4 Å². The number of amides is 1. The molecule has 1 N–H and O–H groups in total. The minimum absolute atomic E-state index is 0.0776. The van der Waals surface area contributed by atoms with Crippen LogP contribution in [0.2, 0.25) is 0 Å². The van der Waals surface area contributed by atoms with Gasteiger partial charge in [0.15, 0.2) is 0 Å². The molecule has 3 heterocycles. The number of hydrogen-bond acceptors (Lipinski definition) is 8. The van der Waals surface area contributed by atoms with Gasteiger partial charge in [0.1, 0.15) is 0 Å². The number of aryl methyl sites for hydroxylation is 2. The highest BCUT2D eigenvalue weighted by atomic mass is 32.1. The summed E-state index contributed by atoms with van der Waals surface area (Å²) in [6, 6.07) is 2.12. The fourth-order valence-corrected chi connectivity index (χ4v) is 4.43. The lowest BCUT2D eigenvalue weighted by Gasteiger charge is -2.33. The zero-order valence-corrected chi connectivity index (χ0v) is 18.4. The van der Waals surface area contributed by atoms with E-state index in [-0.39, 0.29) is 5.91 Å². The van der Waals surface area contributed by atoms with Crippen LogP contribution in [0.5, 0.6) is 0 Å². The van der Waals surface area contributed by atoms with Gasteiger partial charge in [-0.05, 0) is 31.4 Å². The molecule has 0 aromatic carbocycles. The summed E-state index contributed by atoms with van der Waals surface area (Å²) in [5.74, 6) is 1.33.